The van der Waals surface area contributed by atoms with Gasteiger partial charge in [0.2, 0.25) is 5.91 Å². The topological polar surface area (TPSA) is 121 Å². The summed E-state index contributed by atoms with van der Waals surface area (Å²) >= 11 is 0. The average Bonchev–Trinajstić information content (AvgIpc) is 3.53. The van der Waals surface area contributed by atoms with Gasteiger partial charge in [-0.1, -0.05) is 35.5 Å². The van der Waals surface area contributed by atoms with Gasteiger partial charge in [-0.15, -0.1) is 0 Å². The highest BCUT2D eigenvalue weighted by molar-refractivity contribution is 6.17. The van der Waals surface area contributed by atoms with Gasteiger partial charge in [-0.2, -0.15) is 0 Å². The molecular formula is C34H35N7O3. The number of aromatic amines is 1. The summed E-state index contributed by atoms with van der Waals surface area (Å²) in [6, 6.07) is 16.6. The molecule has 4 heterocycles. The number of nitrogens with zero attached hydrogens (tertiary/aromatic N) is 4. The molecule has 3 aromatic heterocycles. The van der Waals surface area contributed by atoms with Gasteiger partial charge in [0.15, 0.2) is 0 Å². The molecule has 0 unspecified atom stereocenters. The molecule has 10 heteroatoms. The molecule has 6 aromatic rings. The van der Waals surface area contributed by atoms with Crippen molar-refractivity contribution >= 4 is 44.3 Å². The van der Waals surface area contributed by atoms with Crippen molar-refractivity contribution in [2.24, 2.45) is 0 Å². The van der Waals surface area contributed by atoms with Crippen LogP contribution in [0.3, 0.4) is 0 Å². The number of hydrogen-bond acceptors (Lipinski definition) is 8. The number of methoxy groups -OCH3 is 1. The second-order valence-electron chi connectivity index (χ2n) is 11.6. The second kappa shape index (κ2) is 11.0. The van der Waals surface area contributed by atoms with E-state index in [2.05, 4.69) is 44.7 Å². The SMILES string of the molecule is COc1cc2c(cc1-c1c(C)noc1C)[nH]c1nc(C)nc(-c3ccc(NC(=O)CN4CCN[C@@H](C)C4)c4ccccc34)c12. The molecule has 7 rings (SSSR count). The van der Waals surface area contributed by atoms with E-state index in [9.17, 15) is 4.79 Å². The lowest BCUT2D eigenvalue weighted by atomic mass is 9.97. The summed E-state index contributed by atoms with van der Waals surface area (Å²) < 4.78 is 11.3. The Kier molecular flexibility index (Phi) is 7.02. The monoisotopic (exact) mass is 589 g/mol. The molecule has 1 amide bonds. The maximum Gasteiger partial charge on any atom is 0.238 e. The van der Waals surface area contributed by atoms with E-state index in [0.717, 1.165) is 91.9 Å². The predicted molar refractivity (Wildman–Crippen MR) is 173 cm³/mol. The second-order valence-corrected chi connectivity index (χ2v) is 11.6. The highest BCUT2D eigenvalue weighted by Gasteiger charge is 2.23. The van der Waals surface area contributed by atoms with Crippen LogP contribution in [-0.4, -0.2) is 70.2 Å². The van der Waals surface area contributed by atoms with Gasteiger partial charge in [-0.25, -0.2) is 9.97 Å². The van der Waals surface area contributed by atoms with Gasteiger partial charge in [0.05, 0.1) is 36.0 Å². The van der Waals surface area contributed by atoms with E-state index in [1.54, 1.807) is 7.11 Å². The molecule has 3 N–H and O–H groups in total. The van der Waals surface area contributed by atoms with E-state index in [-0.39, 0.29) is 5.91 Å². The summed E-state index contributed by atoms with van der Waals surface area (Å²) in [4.78, 5) is 28.6. The third-order valence-corrected chi connectivity index (χ3v) is 8.46. The first kappa shape index (κ1) is 28.0. The first-order chi connectivity index (χ1) is 21.3. The Morgan fingerprint density at radius 3 is 2.64 bits per heavy atom. The van der Waals surface area contributed by atoms with Gasteiger partial charge in [-0.05, 0) is 51.3 Å². The number of carbonyl (C=O) groups excluding carboxylic acids is 1. The number of piperazine rings is 1. The van der Waals surface area contributed by atoms with Crippen LogP contribution in [0.2, 0.25) is 0 Å². The van der Waals surface area contributed by atoms with Crippen LogP contribution in [0, 0.1) is 20.8 Å². The zero-order chi connectivity index (χ0) is 30.5. The third-order valence-electron chi connectivity index (χ3n) is 8.46. The highest BCUT2D eigenvalue weighted by Crippen LogP contribution is 2.42. The lowest BCUT2D eigenvalue weighted by Crippen LogP contribution is -2.51. The van der Waals surface area contributed by atoms with Crippen molar-refractivity contribution in [3.63, 3.8) is 0 Å². The normalized spacial score (nSPS) is 15.8. The third kappa shape index (κ3) is 4.86. The number of aryl methyl sites for hydroxylation is 3. The van der Waals surface area contributed by atoms with Crippen molar-refractivity contribution < 1.29 is 14.1 Å². The molecule has 0 radical (unpaired) electrons. The minimum atomic E-state index is -0.0184. The zero-order valence-corrected chi connectivity index (χ0v) is 25.5. The van der Waals surface area contributed by atoms with Crippen molar-refractivity contribution in [1.29, 1.82) is 0 Å². The summed E-state index contributed by atoms with van der Waals surface area (Å²) in [5.41, 5.74) is 6.82. The molecule has 0 aliphatic carbocycles. The largest absolute Gasteiger partial charge is 0.496 e. The van der Waals surface area contributed by atoms with Crippen LogP contribution in [0.25, 0.3) is 55.1 Å². The Morgan fingerprint density at radius 1 is 1.07 bits per heavy atom. The van der Waals surface area contributed by atoms with Crippen LogP contribution in [0.15, 0.2) is 53.1 Å². The van der Waals surface area contributed by atoms with Crippen LogP contribution in [0.4, 0.5) is 5.69 Å². The molecule has 0 bridgehead atoms. The van der Waals surface area contributed by atoms with Gasteiger partial charge in [-0.3, -0.25) is 9.69 Å². The molecule has 0 spiro atoms. The number of rotatable bonds is 6. The fourth-order valence-electron chi connectivity index (χ4n) is 6.53. The average molecular weight is 590 g/mol. The maximum atomic E-state index is 13.1. The fraction of sp³-hybridized carbons (Fsp3) is 0.294. The number of ether oxygens (including phenoxy) is 1. The van der Waals surface area contributed by atoms with Crippen LogP contribution >= 0.6 is 0 Å². The number of benzene rings is 3. The standard InChI is InChI=1S/C34H35N7O3/c1-18-16-41(13-12-35-18)17-30(42)38-27-11-10-24(22-8-6-7-9-23(22)27)33-32-25-15-29(43-5)26(31-19(2)40-44-20(31)3)14-28(25)39-34(32)37-21(4)36-33/h6-11,14-15,18,35H,12-13,16-17H2,1-5H3,(H,38,42)(H,36,37,39)/t18-/m0/s1. The minimum Gasteiger partial charge on any atom is -0.496 e. The first-order valence-electron chi connectivity index (χ1n) is 14.9. The van der Waals surface area contributed by atoms with E-state index >= 15 is 0 Å². The van der Waals surface area contributed by atoms with E-state index in [0.29, 0.717) is 24.2 Å². The van der Waals surface area contributed by atoms with Crippen LogP contribution in [-0.2, 0) is 4.79 Å². The molecule has 44 heavy (non-hydrogen) atoms. The summed E-state index contributed by atoms with van der Waals surface area (Å²) in [5, 5.41) is 14.6. The summed E-state index contributed by atoms with van der Waals surface area (Å²) in [7, 11) is 1.67. The summed E-state index contributed by atoms with van der Waals surface area (Å²) in [6.45, 7) is 10.8. The van der Waals surface area contributed by atoms with Gasteiger partial charge >= 0.3 is 0 Å². The summed E-state index contributed by atoms with van der Waals surface area (Å²) in [5.74, 6) is 2.08. The Bertz CT molecular complexity index is 2040. The van der Waals surface area contributed by atoms with Crippen molar-refractivity contribution in [3.05, 3.63) is 65.8 Å². The van der Waals surface area contributed by atoms with Crippen molar-refractivity contribution in [3.8, 4) is 28.1 Å². The number of amides is 1. The molecular weight excluding hydrogens is 554 g/mol. The molecule has 1 fully saturated rings. The number of H-pyrrole nitrogens is 1. The first-order valence-corrected chi connectivity index (χ1v) is 14.9. The molecule has 10 nitrogen and oxygen atoms in total. The van der Waals surface area contributed by atoms with Gasteiger partial charge in [0, 0.05) is 58.8 Å². The molecule has 0 saturated carbocycles. The lowest BCUT2D eigenvalue weighted by Gasteiger charge is -2.31. The molecule has 224 valence electrons. The Labute approximate surface area is 254 Å². The Balaban J connectivity index is 1.34. The molecule has 1 aliphatic heterocycles. The van der Waals surface area contributed by atoms with E-state index in [1.807, 2.05) is 57.2 Å². The number of anilines is 1. The van der Waals surface area contributed by atoms with Crippen LogP contribution in [0.5, 0.6) is 5.75 Å². The van der Waals surface area contributed by atoms with Crippen molar-refractivity contribution in [2.45, 2.75) is 33.7 Å². The molecule has 3 aromatic carbocycles. The van der Waals surface area contributed by atoms with E-state index in [1.165, 1.54) is 0 Å². The van der Waals surface area contributed by atoms with E-state index in [4.69, 9.17) is 19.2 Å². The highest BCUT2D eigenvalue weighted by atomic mass is 16.5. The summed E-state index contributed by atoms with van der Waals surface area (Å²) in [6.07, 6.45) is 0. The number of nitrogens with one attached hydrogen (secondary N) is 3. The van der Waals surface area contributed by atoms with Crippen LogP contribution < -0.4 is 15.4 Å². The molecule has 1 saturated heterocycles. The lowest BCUT2D eigenvalue weighted by molar-refractivity contribution is -0.117. The molecule has 1 atom stereocenters. The van der Waals surface area contributed by atoms with Crippen molar-refractivity contribution in [1.82, 2.24) is 30.3 Å². The zero-order valence-electron chi connectivity index (χ0n) is 25.5. The van der Waals surface area contributed by atoms with Crippen molar-refractivity contribution in [2.75, 3.05) is 38.6 Å². The number of aromatic nitrogens is 4. The van der Waals surface area contributed by atoms with Gasteiger partial charge in [0.25, 0.3) is 0 Å². The number of carbonyl (C=O) groups is 1. The quantitative estimate of drug-likeness (QED) is 0.225. The number of hydrogen-bond donors (Lipinski definition) is 3. The maximum absolute atomic E-state index is 13.1. The smallest absolute Gasteiger partial charge is 0.238 e. The van der Waals surface area contributed by atoms with Gasteiger partial charge < -0.3 is 24.9 Å². The minimum absolute atomic E-state index is 0.0184. The van der Waals surface area contributed by atoms with Gasteiger partial charge in [0.1, 0.15) is 23.0 Å². The molecule has 1 aliphatic rings. The fourth-order valence-corrected chi connectivity index (χ4v) is 6.53. The Morgan fingerprint density at radius 2 is 1.89 bits per heavy atom. The number of fused-ring (bicyclic) bond motifs is 4. The Hall–Kier alpha value is -4.80. The van der Waals surface area contributed by atoms with Crippen LogP contribution in [0.1, 0.15) is 24.2 Å². The predicted octanol–water partition coefficient (Wildman–Crippen LogP) is 5.75. The van der Waals surface area contributed by atoms with E-state index < -0.39 is 0 Å².